The van der Waals surface area contributed by atoms with Crippen LogP contribution in [0.5, 0.6) is 5.75 Å². The molecule has 0 spiro atoms. The number of rotatable bonds is 4. The van der Waals surface area contributed by atoms with Crippen molar-refractivity contribution >= 4 is 0 Å². The fraction of sp³-hybridized carbons (Fsp3) is 0.500. The smallest absolute Gasteiger partial charge is 0.119 e. The summed E-state index contributed by atoms with van der Waals surface area (Å²) in [6.07, 6.45) is 0.521. The number of methoxy groups -OCH3 is 1. The molecule has 0 aromatic heterocycles. The van der Waals surface area contributed by atoms with Crippen LogP contribution in [0.4, 0.5) is 0 Å². The maximum absolute atomic E-state index is 9.03. The SMILES string of the molecule is COc1cccc([C@H](CC#N)N2CCNCC2)c1. The van der Waals surface area contributed by atoms with Gasteiger partial charge in [-0.3, -0.25) is 4.90 Å². The maximum atomic E-state index is 9.03. The Morgan fingerprint density at radius 2 is 2.22 bits per heavy atom. The van der Waals surface area contributed by atoms with Gasteiger partial charge in [-0.1, -0.05) is 12.1 Å². The first-order chi connectivity index (χ1) is 8.85. The minimum atomic E-state index is 0.173. The highest BCUT2D eigenvalue weighted by Crippen LogP contribution is 2.27. The van der Waals surface area contributed by atoms with Crippen LogP contribution in [0, 0.1) is 11.3 Å². The number of benzene rings is 1. The van der Waals surface area contributed by atoms with Crippen LogP contribution in [-0.4, -0.2) is 38.2 Å². The van der Waals surface area contributed by atoms with Gasteiger partial charge < -0.3 is 10.1 Å². The van der Waals surface area contributed by atoms with E-state index in [1.54, 1.807) is 7.11 Å². The number of piperazine rings is 1. The second kappa shape index (κ2) is 6.39. The summed E-state index contributed by atoms with van der Waals surface area (Å²) in [5.74, 6) is 0.852. The van der Waals surface area contributed by atoms with E-state index in [0.717, 1.165) is 37.5 Å². The molecule has 0 radical (unpaired) electrons. The molecular formula is C14H19N3O. The van der Waals surface area contributed by atoms with E-state index in [-0.39, 0.29) is 6.04 Å². The molecule has 0 saturated carbocycles. The van der Waals surface area contributed by atoms with E-state index in [9.17, 15) is 0 Å². The van der Waals surface area contributed by atoms with Crippen LogP contribution in [0.1, 0.15) is 18.0 Å². The molecule has 96 valence electrons. The van der Waals surface area contributed by atoms with Gasteiger partial charge in [-0.15, -0.1) is 0 Å². The highest BCUT2D eigenvalue weighted by Gasteiger charge is 2.22. The summed E-state index contributed by atoms with van der Waals surface area (Å²) in [5, 5.41) is 12.4. The Hall–Kier alpha value is -1.57. The Bertz CT molecular complexity index is 421. The fourth-order valence-electron chi connectivity index (χ4n) is 2.39. The molecule has 4 nitrogen and oxygen atoms in total. The minimum Gasteiger partial charge on any atom is -0.497 e. The molecule has 0 unspecified atom stereocenters. The largest absolute Gasteiger partial charge is 0.497 e. The second-order valence-electron chi connectivity index (χ2n) is 4.44. The molecule has 1 aromatic carbocycles. The molecule has 1 saturated heterocycles. The van der Waals surface area contributed by atoms with E-state index in [0.29, 0.717) is 6.42 Å². The first-order valence-corrected chi connectivity index (χ1v) is 6.31. The predicted octanol–water partition coefficient (Wildman–Crippen LogP) is 1.56. The molecule has 2 rings (SSSR count). The van der Waals surface area contributed by atoms with Crippen molar-refractivity contribution in [2.24, 2.45) is 0 Å². The zero-order valence-electron chi connectivity index (χ0n) is 10.7. The molecule has 1 atom stereocenters. The van der Waals surface area contributed by atoms with Gasteiger partial charge in [-0.2, -0.15) is 5.26 Å². The van der Waals surface area contributed by atoms with Gasteiger partial charge in [0.15, 0.2) is 0 Å². The number of hydrogen-bond acceptors (Lipinski definition) is 4. The lowest BCUT2D eigenvalue weighted by Gasteiger charge is -2.34. The van der Waals surface area contributed by atoms with Crippen LogP contribution in [0.2, 0.25) is 0 Å². The van der Waals surface area contributed by atoms with Crippen molar-refractivity contribution in [3.8, 4) is 11.8 Å². The molecular weight excluding hydrogens is 226 g/mol. The molecule has 1 aliphatic heterocycles. The van der Waals surface area contributed by atoms with E-state index in [4.69, 9.17) is 10.00 Å². The quantitative estimate of drug-likeness (QED) is 0.874. The summed E-state index contributed by atoms with van der Waals surface area (Å²) in [4.78, 5) is 2.37. The standard InChI is InChI=1S/C14H19N3O/c1-18-13-4-2-3-12(11-13)14(5-6-15)17-9-7-16-8-10-17/h2-4,11,14,16H,5,7-10H2,1H3/t14-/m0/s1. The van der Waals surface area contributed by atoms with E-state index < -0.39 is 0 Å². The van der Waals surface area contributed by atoms with Gasteiger partial charge in [0.2, 0.25) is 0 Å². The van der Waals surface area contributed by atoms with Crippen molar-refractivity contribution in [2.45, 2.75) is 12.5 Å². The molecule has 4 heteroatoms. The van der Waals surface area contributed by atoms with E-state index in [1.165, 1.54) is 0 Å². The van der Waals surface area contributed by atoms with Crippen molar-refractivity contribution in [3.05, 3.63) is 29.8 Å². The van der Waals surface area contributed by atoms with Crippen molar-refractivity contribution in [1.29, 1.82) is 5.26 Å². The number of nitrogens with zero attached hydrogens (tertiary/aromatic N) is 2. The number of ether oxygens (including phenoxy) is 1. The average Bonchev–Trinajstić information content (AvgIpc) is 2.46. The summed E-state index contributed by atoms with van der Waals surface area (Å²) in [7, 11) is 1.67. The monoisotopic (exact) mass is 245 g/mol. The van der Waals surface area contributed by atoms with E-state index in [1.807, 2.05) is 18.2 Å². The van der Waals surface area contributed by atoms with Crippen LogP contribution in [0.15, 0.2) is 24.3 Å². The van der Waals surface area contributed by atoms with Crippen molar-refractivity contribution in [1.82, 2.24) is 10.2 Å². The summed E-state index contributed by atoms with van der Waals surface area (Å²) < 4.78 is 5.26. The van der Waals surface area contributed by atoms with Gasteiger partial charge >= 0.3 is 0 Å². The molecule has 1 aliphatic rings. The Morgan fingerprint density at radius 3 is 2.89 bits per heavy atom. The van der Waals surface area contributed by atoms with Gasteiger partial charge in [0.25, 0.3) is 0 Å². The molecule has 1 aromatic rings. The summed E-state index contributed by atoms with van der Waals surface area (Å²) in [5.41, 5.74) is 1.16. The zero-order valence-corrected chi connectivity index (χ0v) is 10.7. The van der Waals surface area contributed by atoms with Crippen LogP contribution in [0.3, 0.4) is 0 Å². The summed E-state index contributed by atoms with van der Waals surface area (Å²) >= 11 is 0. The first-order valence-electron chi connectivity index (χ1n) is 6.31. The van der Waals surface area contributed by atoms with Crippen molar-refractivity contribution in [3.63, 3.8) is 0 Å². The first kappa shape index (κ1) is 12.9. The number of nitriles is 1. The van der Waals surface area contributed by atoms with Gasteiger partial charge in [0, 0.05) is 32.2 Å². The Kier molecular flexibility index (Phi) is 4.57. The van der Waals surface area contributed by atoms with E-state index >= 15 is 0 Å². The number of hydrogen-bond donors (Lipinski definition) is 1. The topological polar surface area (TPSA) is 48.3 Å². The zero-order chi connectivity index (χ0) is 12.8. The van der Waals surface area contributed by atoms with Gasteiger partial charge in [0.05, 0.1) is 19.6 Å². The number of nitrogens with one attached hydrogen (secondary N) is 1. The Balaban J connectivity index is 2.19. The van der Waals surface area contributed by atoms with Gasteiger partial charge in [-0.05, 0) is 17.7 Å². The third kappa shape index (κ3) is 3.00. The third-order valence-electron chi connectivity index (χ3n) is 3.36. The lowest BCUT2D eigenvalue weighted by atomic mass is 10.0. The van der Waals surface area contributed by atoms with Crippen LogP contribution >= 0.6 is 0 Å². The highest BCUT2D eigenvalue weighted by atomic mass is 16.5. The highest BCUT2D eigenvalue weighted by molar-refractivity contribution is 5.31. The fourth-order valence-corrected chi connectivity index (χ4v) is 2.39. The summed E-state index contributed by atoms with van der Waals surface area (Å²) in [6, 6.07) is 10.5. The second-order valence-corrected chi connectivity index (χ2v) is 4.44. The third-order valence-corrected chi connectivity index (χ3v) is 3.36. The predicted molar refractivity (Wildman–Crippen MR) is 70.4 cm³/mol. The average molecular weight is 245 g/mol. The minimum absolute atomic E-state index is 0.173. The normalized spacial score (nSPS) is 18.0. The summed E-state index contributed by atoms with van der Waals surface area (Å²) in [6.45, 7) is 3.96. The lowest BCUT2D eigenvalue weighted by Crippen LogP contribution is -2.45. The van der Waals surface area contributed by atoms with Crippen LogP contribution in [-0.2, 0) is 0 Å². The van der Waals surface area contributed by atoms with Crippen molar-refractivity contribution < 1.29 is 4.74 Å². The molecule has 0 amide bonds. The Morgan fingerprint density at radius 1 is 1.44 bits per heavy atom. The molecule has 0 bridgehead atoms. The molecule has 1 heterocycles. The van der Waals surface area contributed by atoms with Crippen LogP contribution < -0.4 is 10.1 Å². The lowest BCUT2D eigenvalue weighted by molar-refractivity contribution is 0.175. The van der Waals surface area contributed by atoms with Crippen molar-refractivity contribution in [2.75, 3.05) is 33.3 Å². The molecule has 0 aliphatic carbocycles. The van der Waals surface area contributed by atoms with Gasteiger partial charge in [-0.25, -0.2) is 0 Å². The maximum Gasteiger partial charge on any atom is 0.119 e. The molecule has 1 fully saturated rings. The van der Waals surface area contributed by atoms with E-state index in [2.05, 4.69) is 22.4 Å². The van der Waals surface area contributed by atoms with Gasteiger partial charge in [0.1, 0.15) is 5.75 Å². The molecule has 18 heavy (non-hydrogen) atoms. The van der Waals surface area contributed by atoms with Crippen LogP contribution in [0.25, 0.3) is 0 Å². The Labute approximate surface area is 108 Å². The molecule has 1 N–H and O–H groups in total.